The number of amides is 1. The lowest BCUT2D eigenvalue weighted by Crippen LogP contribution is -2.42. The molecular formula is C17H23NO4. The minimum absolute atomic E-state index is 0.318. The number of ether oxygens (including phenoxy) is 1. The number of hydrogen-bond donors (Lipinski definition) is 2. The maximum atomic E-state index is 11.7. The molecule has 120 valence electrons. The summed E-state index contributed by atoms with van der Waals surface area (Å²) in [7, 11) is 0. The molecule has 0 radical (unpaired) electrons. The topological polar surface area (TPSA) is 75.6 Å². The highest BCUT2D eigenvalue weighted by Crippen LogP contribution is 2.44. The molecule has 1 aliphatic carbocycles. The van der Waals surface area contributed by atoms with Gasteiger partial charge >= 0.3 is 12.1 Å². The molecule has 0 heterocycles. The smallest absolute Gasteiger partial charge is 0.407 e. The molecule has 0 unspecified atom stereocenters. The van der Waals surface area contributed by atoms with Gasteiger partial charge in [-0.2, -0.15) is 0 Å². The van der Waals surface area contributed by atoms with Crippen LogP contribution in [0.25, 0.3) is 0 Å². The van der Waals surface area contributed by atoms with Gasteiger partial charge in [0.25, 0.3) is 0 Å². The zero-order chi connectivity index (χ0) is 16.4. The summed E-state index contributed by atoms with van der Waals surface area (Å²) in [5.74, 6) is -0.768. The van der Waals surface area contributed by atoms with Gasteiger partial charge in [0.15, 0.2) is 0 Å². The summed E-state index contributed by atoms with van der Waals surface area (Å²) in [6.07, 6.45) is 1.80. The number of aliphatic carboxylic acids is 1. The monoisotopic (exact) mass is 305 g/mol. The predicted octanol–water partition coefficient (Wildman–Crippen LogP) is 3.22. The Morgan fingerprint density at radius 1 is 1.32 bits per heavy atom. The Morgan fingerprint density at radius 3 is 2.50 bits per heavy atom. The van der Waals surface area contributed by atoms with Gasteiger partial charge in [0.2, 0.25) is 0 Å². The van der Waals surface area contributed by atoms with Crippen LogP contribution in [0.3, 0.4) is 0 Å². The summed E-state index contributed by atoms with van der Waals surface area (Å²) in [5.41, 5.74) is 0.401. The molecule has 1 aromatic carbocycles. The average molecular weight is 305 g/mol. The molecule has 2 N–H and O–H groups in total. The van der Waals surface area contributed by atoms with Gasteiger partial charge in [-0.25, -0.2) is 4.79 Å². The van der Waals surface area contributed by atoms with E-state index in [2.05, 4.69) is 5.32 Å². The fraction of sp³-hybridized carbons (Fsp3) is 0.529. The van der Waals surface area contributed by atoms with Gasteiger partial charge in [-0.05, 0) is 44.7 Å². The van der Waals surface area contributed by atoms with E-state index in [0.717, 1.165) is 17.5 Å². The highest BCUT2D eigenvalue weighted by atomic mass is 16.6. The number of carbonyl (C=O) groups excluding carboxylic acids is 1. The number of alkyl carbamates (subject to hydrolysis) is 1. The standard InChI is InChI=1S/C17H23NO4/c1-16(2,3)22-15(21)18-11-12-6-4-7-13(10-12)17(14(19)20)8-5-9-17/h4,6-7,10H,5,8-9,11H2,1-3H3,(H,18,21)(H,19,20). The van der Waals surface area contributed by atoms with E-state index in [1.807, 2.05) is 24.3 Å². The van der Waals surface area contributed by atoms with Crippen LogP contribution in [-0.4, -0.2) is 22.8 Å². The zero-order valence-electron chi connectivity index (χ0n) is 13.3. The van der Waals surface area contributed by atoms with Crippen LogP contribution >= 0.6 is 0 Å². The van der Waals surface area contributed by atoms with Crippen LogP contribution in [-0.2, 0) is 21.5 Å². The summed E-state index contributed by atoms with van der Waals surface area (Å²) in [6, 6.07) is 7.43. The number of benzene rings is 1. The Bertz CT molecular complexity index is 570. The molecule has 0 bridgehead atoms. The van der Waals surface area contributed by atoms with E-state index in [4.69, 9.17) is 4.74 Å². The van der Waals surface area contributed by atoms with Crippen LogP contribution in [0.4, 0.5) is 4.79 Å². The van der Waals surface area contributed by atoms with Crippen LogP contribution in [0.15, 0.2) is 24.3 Å². The van der Waals surface area contributed by atoms with Crippen LogP contribution in [0.2, 0.25) is 0 Å². The highest BCUT2D eigenvalue weighted by Gasteiger charge is 2.45. The summed E-state index contributed by atoms with van der Waals surface area (Å²) in [4.78, 5) is 23.2. The second-order valence-corrected chi connectivity index (χ2v) is 6.80. The molecule has 1 amide bonds. The number of nitrogens with one attached hydrogen (secondary N) is 1. The molecule has 0 aliphatic heterocycles. The summed E-state index contributed by atoms with van der Waals surface area (Å²) in [6.45, 7) is 5.74. The van der Waals surface area contributed by atoms with Crippen LogP contribution < -0.4 is 5.32 Å². The molecule has 2 rings (SSSR count). The van der Waals surface area contributed by atoms with Crippen LogP contribution in [0.1, 0.15) is 51.2 Å². The summed E-state index contributed by atoms with van der Waals surface area (Å²) in [5, 5.41) is 12.2. The first-order valence-corrected chi connectivity index (χ1v) is 7.53. The molecule has 22 heavy (non-hydrogen) atoms. The van der Waals surface area contributed by atoms with Crippen molar-refractivity contribution in [2.24, 2.45) is 0 Å². The van der Waals surface area contributed by atoms with Crippen LogP contribution in [0.5, 0.6) is 0 Å². The van der Waals surface area contributed by atoms with Gasteiger partial charge in [0.1, 0.15) is 5.60 Å². The fourth-order valence-corrected chi connectivity index (χ4v) is 2.62. The van der Waals surface area contributed by atoms with Crippen molar-refractivity contribution < 1.29 is 19.4 Å². The molecule has 1 aromatic rings. The summed E-state index contributed by atoms with van der Waals surface area (Å²) < 4.78 is 5.18. The Hall–Kier alpha value is -2.04. The average Bonchev–Trinajstić information content (AvgIpc) is 2.33. The van der Waals surface area contributed by atoms with E-state index in [1.165, 1.54) is 0 Å². The van der Waals surface area contributed by atoms with E-state index < -0.39 is 23.1 Å². The van der Waals surface area contributed by atoms with Crippen molar-refractivity contribution in [3.05, 3.63) is 35.4 Å². The molecule has 0 spiro atoms. The number of carboxylic acids is 1. The third-order valence-corrected chi connectivity index (χ3v) is 3.93. The van der Waals surface area contributed by atoms with Gasteiger partial charge < -0.3 is 15.2 Å². The number of rotatable bonds is 4. The third kappa shape index (κ3) is 3.59. The van der Waals surface area contributed by atoms with Crippen molar-refractivity contribution in [1.29, 1.82) is 0 Å². The van der Waals surface area contributed by atoms with Crippen molar-refractivity contribution in [2.45, 2.75) is 57.6 Å². The van der Waals surface area contributed by atoms with Crippen molar-refractivity contribution in [3.63, 3.8) is 0 Å². The van der Waals surface area contributed by atoms with Crippen molar-refractivity contribution in [1.82, 2.24) is 5.32 Å². The minimum Gasteiger partial charge on any atom is -0.481 e. The maximum Gasteiger partial charge on any atom is 0.407 e. The lowest BCUT2D eigenvalue weighted by atomic mass is 9.64. The molecule has 0 saturated heterocycles. The summed E-state index contributed by atoms with van der Waals surface area (Å²) >= 11 is 0. The van der Waals surface area contributed by atoms with E-state index in [0.29, 0.717) is 19.4 Å². The Balaban J connectivity index is 2.03. The predicted molar refractivity (Wildman–Crippen MR) is 82.7 cm³/mol. The van der Waals surface area contributed by atoms with Crippen LogP contribution in [0, 0.1) is 0 Å². The quantitative estimate of drug-likeness (QED) is 0.895. The van der Waals surface area contributed by atoms with Gasteiger partial charge in [-0.15, -0.1) is 0 Å². The molecule has 5 heteroatoms. The largest absolute Gasteiger partial charge is 0.481 e. The van der Waals surface area contributed by atoms with E-state index >= 15 is 0 Å². The molecule has 1 fully saturated rings. The Morgan fingerprint density at radius 2 is 2.00 bits per heavy atom. The van der Waals surface area contributed by atoms with Gasteiger partial charge in [-0.3, -0.25) is 4.79 Å². The van der Waals surface area contributed by atoms with E-state index in [-0.39, 0.29) is 0 Å². The Kier molecular flexibility index (Phi) is 4.44. The molecule has 5 nitrogen and oxygen atoms in total. The number of carbonyl (C=O) groups is 2. The molecular weight excluding hydrogens is 282 g/mol. The van der Waals surface area contributed by atoms with Gasteiger partial charge in [0, 0.05) is 6.54 Å². The molecule has 0 aromatic heterocycles. The van der Waals surface area contributed by atoms with Crippen molar-refractivity contribution in [3.8, 4) is 0 Å². The van der Waals surface area contributed by atoms with Gasteiger partial charge in [-0.1, -0.05) is 30.7 Å². The maximum absolute atomic E-state index is 11.7. The van der Waals surface area contributed by atoms with Gasteiger partial charge in [0.05, 0.1) is 5.41 Å². The molecule has 1 saturated carbocycles. The second kappa shape index (κ2) is 5.99. The lowest BCUT2D eigenvalue weighted by molar-refractivity contribution is -0.147. The first-order chi connectivity index (χ1) is 10.2. The second-order valence-electron chi connectivity index (χ2n) is 6.80. The minimum atomic E-state index is -0.768. The zero-order valence-corrected chi connectivity index (χ0v) is 13.3. The Labute approximate surface area is 130 Å². The lowest BCUT2D eigenvalue weighted by Gasteiger charge is -2.38. The first kappa shape index (κ1) is 16.3. The molecule has 0 atom stereocenters. The van der Waals surface area contributed by atoms with Crippen molar-refractivity contribution >= 4 is 12.1 Å². The normalized spacial score (nSPS) is 16.5. The van der Waals surface area contributed by atoms with Crippen molar-refractivity contribution in [2.75, 3.05) is 0 Å². The first-order valence-electron chi connectivity index (χ1n) is 7.53. The SMILES string of the molecule is CC(C)(C)OC(=O)NCc1cccc(C2(C(=O)O)CCC2)c1. The fourth-order valence-electron chi connectivity index (χ4n) is 2.62. The number of hydrogen-bond acceptors (Lipinski definition) is 3. The van der Waals surface area contributed by atoms with E-state index in [9.17, 15) is 14.7 Å². The highest BCUT2D eigenvalue weighted by molar-refractivity contribution is 5.82. The van der Waals surface area contributed by atoms with E-state index in [1.54, 1.807) is 20.8 Å². The molecule has 1 aliphatic rings. The number of carboxylic acid groups (broad SMARTS) is 1. The third-order valence-electron chi connectivity index (χ3n) is 3.93.